The van der Waals surface area contributed by atoms with E-state index in [0.717, 1.165) is 23.2 Å². The Hall–Kier alpha value is -1.71. The van der Waals surface area contributed by atoms with Crippen molar-refractivity contribution in [2.24, 2.45) is 0 Å². The number of hydrogen-bond donors (Lipinski definition) is 2. The fourth-order valence-electron chi connectivity index (χ4n) is 1.93. The summed E-state index contributed by atoms with van der Waals surface area (Å²) in [7, 11) is 0. The third-order valence-electron chi connectivity index (χ3n) is 2.94. The average molecular weight is 242 g/mol. The molecule has 1 atom stereocenters. The summed E-state index contributed by atoms with van der Waals surface area (Å²) in [6, 6.07) is 11.8. The summed E-state index contributed by atoms with van der Waals surface area (Å²) >= 11 is 0. The lowest BCUT2D eigenvalue weighted by Gasteiger charge is -2.14. The van der Waals surface area contributed by atoms with Crippen molar-refractivity contribution in [2.45, 2.75) is 19.6 Å². The Morgan fingerprint density at radius 2 is 2.06 bits per heavy atom. The standard InChI is InChI=1S/C15H18N2O/c1-12-5-2-3-7-14(12)15(18)11-17-10-13-6-4-8-16-9-13/h2-9,15,17-18H,10-11H2,1H3. The number of nitrogens with zero attached hydrogens (tertiary/aromatic N) is 1. The molecule has 2 aromatic rings. The maximum atomic E-state index is 10.1. The van der Waals surface area contributed by atoms with Crippen LogP contribution in [-0.4, -0.2) is 16.6 Å². The van der Waals surface area contributed by atoms with E-state index in [1.807, 2.05) is 49.5 Å². The number of aromatic nitrogens is 1. The zero-order valence-corrected chi connectivity index (χ0v) is 10.5. The van der Waals surface area contributed by atoms with E-state index in [0.29, 0.717) is 6.54 Å². The fraction of sp³-hybridized carbons (Fsp3) is 0.267. The highest BCUT2D eigenvalue weighted by atomic mass is 16.3. The molecule has 0 spiro atoms. The van der Waals surface area contributed by atoms with Crippen LogP contribution >= 0.6 is 0 Å². The first kappa shape index (κ1) is 12.7. The minimum atomic E-state index is -0.470. The van der Waals surface area contributed by atoms with Gasteiger partial charge in [-0.15, -0.1) is 0 Å². The molecule has 3 nitrogen and oxygen atoms in total. The van der Waals surface area contributed by atoms with Gasteiger partial charge in [0.1, 0.15) is 0 Å². The van der Waals surface area contributed by atoms with Crippen LogP contribution in [0.1, 0.15) is 22.8 Å². The van der Waals surface area contributed by atoms with Gasteiger partial charge in [0, 0.05) is 25.5 Å². The Balaban J connectivity index is 1.86. The molecule has 0 aliphatic heterocycles. The molecular formula is C15H18N2O. The maximum Gasteiger partial charge on any atom is 0.0917 e. The van der Waals surface area contributed by atoms with E-state index in [4.69, 9.17) is 0 Å². The van der Waals surface area contributed by atoms with Gasteiger partial charge in [0.2, 0.25) is 0 Å². The SMILES string of the molecule is Cc1ccccc1C(O)CNCc1cccnc1. The molecule has 18 heavy (non-hydrogen) atoms. The van der Waals surface area contributed by atoms with Gasteiger partial charge in [-0.1, -0.05) is 30.3 Å². The summed E-state index contributed by atoms with van der Waals surface area (Å²) in [4.78, 5) is 4.05. The van der Waals surface area contributed by atoms with Crippen molar-refractivity contribution in [2.75, 3.05) is 6.54 Å². The van der Waals surface area contributed by atoms with Crippen LogP contribution in [0.15, 0.2) is 48.8 Å². The second-order valence-electron chi connectivity index (χ2n) is 4.36. The molecule has 2 N–H and O–H groups in total. The number of aryl methyl sites for hydroxylation is 1. The molecule has 0 bridgehead atoms. The molecule has 0 aliphatic carbocycles. The molecule has 1 unspecified atom stereocenters. The van der Waals surface area contributed by atoms with Crippen LogP contribution in [0, 0.1) is 6.92 Å². The van der Waals surface area contributed by atoms with Crippen LogP contribution in [0.25, 0.3) is 0 Å². The number of nitrogens with one attached hydrogen (secondary N) is 1. The van der Waals surface area contributed by atoms with Gasteiger partial charge in [0.15, 0.2) is 0 Å². The fourth-order valence-corrected chi connectivity index (χ4v) is 1.93. The van der Waals surface area contributed by atoms with Crippen LogP contribution in [0.4, 0.5) is 0 Å². The molecule has 3 heteroatoms. The van der Waals surface area contributed by atoms with Gasteiger partial charge >= 0.3 is 0 Å². The Kier molecular flexibility index (Phi) is 4.45. The van der Waals surface area contributed by atoms with Gasteiger partial charge in [0.25, 0.3) is 0 Å². The second kappa shape index (κ2) is 6.28. The molecule has 1 aromatic carbocycles. The molecule has 0 aliphatic rings. The van der Waals surface area contributed by atoms with Crippen molar-refractivity contribution in [3.63, 3.8) is 0 Å². The van der Waals surface area contributed by atoms with E-state index in [1.54, 1.807) is 6.20 Å². The summed E-state index contributed by atoms with van der Waals surface area (Å²) in [5.41, 5.74) is 3.22. The number of pyridine rings is 1. The Morgan fingerprint density at radius 1 is 1.22 bits per heavy atom. The minimum Gasteiger partial charge on any atom is -0.387 e. The third kappa shape index (κ3) is 3.39. The topological polar surface area (TPSA) is 45.1 Å². The van der Waals surface area contributed by atoms with Crippen molar-refractivity contribution >= 4 is 0 Å². The first-order chi connectivity index (χ1) is 8.77. The van der Waals surface area contributed by atoms with Gasteiger partial charge < -0.3 is 10.4 Å². The Bertz CT molecular complexity index is 485. The number of aliphatic hydroxyl groups excluding tert-OH is 1. The minimum absolute atomic E-state index is 0.470. The molecule has 0 saturated carbocycles. The predicted molar refractivity (Wildman–Crippen MR) is 72.1 cm³/mol. The van der Waals surface area contributed by atoms with Gasteiger partial charge in [-0.2, -0.15) is 0 Å². The van der Waals surface area contributed by atoms with Crippen molar-refractivity contribution in [3.8, 4) is 0 Å². The highest BCUT2D eigenvalue weighted by molar-refractivity contribution is 5.27. The molecule has 1 heterocycles. The lowest BCUT2D eigenvalue weighted by molar-refractivity contribution is 0.173. The van der Waals surface area contributed by atoms with Gasteiger partial charge in [-0.25, -0.2) is 0 Å². The number of aliphatic hydroxyl groups is 1. The first-order valence-electron chi connectivity index (χ1n) is 6.10. The maximum absolute atomic E-state index is 10.1. The van der Waals surface area contributed by atoms with Crippen molar-refractivity contribution in [3.05, 3.63) is 65.5 Å². The Morgan fingerprint density at radius 3 is 2.78 bits per heavy atom. The second-order valence-corrected chi connectivity index (χ2v) is 4.36. The van der Waals surface area contributed by atoms with Gasteiger partial charge in [-0.3, -0.25) is 4.98 Å². The number of hydrogen-bond acceptors (Lipinski definition) is 3. The number of rotatable bonds is 5. The van der Waals surface area contributed by atoms with E-state index in [9.17, 15) is 5.11 Å². The summed E-state index contributed by atoms with van der Waals surface area (Å²) in [6.07, 6.45) is 3.11. The number of benzene rings is 1. The molecule has 0 saturated heterocycles. The smallest absolute Gasteiger partial charge is 0.0917 e. The molecule has 1 aromatic heterocycles. The third-order valence-corrected chi connectivity index (χ3v) is 2.94. The highest BCUT2D eigenvalue weighted by Gasteiger charge is 2.08. The summed E-state index contributed by atoms with van der Waals surface area (Å²) in [6.45, 7) is 3.27. The van der Waals surface area contributed by atoms with Crippen LogP contribution in [-0.2, 0) is 6.54 Å². The lowest BCUT2D eigenvalue weighted by atomic mass is 10.0. The zero-order valence-electron chi connectivity index (χ0n) is 10.5. The lowest BCUT2D eigenvalue weighted by Crippen LogP contribution is -2.21. The monoisotopic (exact) mass is 242 g/mol. The van der Waals surface area contributed by atoms with Crippen LogP contribution < -0.4 is 5.32 Å². The quantitative estimate of drug-likeness (QED) is 0.845. The van der Waals surface area contributed by atoms with Gasteiger partial charge in [-0.05, 0) is 29.7 Å². The normalized spacial score (nSPS) is 12.3. The largest absolute Gasteiger partial charge is 0.387 e. The molecule has 2 rings (SSSR count). The van der Waals surface area contributed by atoms with Crippen molar-refractivity contribution in [1.29, 1.82) is 0 Å². The predicted octanol–water partition coefficient (Wildman–Crippen LogP) is 2.21. The summed E-state index contributed by atoms with van der Waals surface area (Å²) in [5.74, 6) is 0. The van der Waals surface area contributed by atoms with E-state index < -0.39 is 6.10 Å². The molecule has 0 amide bonds. The van der Waals surface area contributed by atoms with E-state index in [1.165, 1.54) is 0 Å². The zero-order chi connectivity index (χ0) is 12.8. The van der Waals surface area contributed by atoms with E-state index in [2.05, 4.69) is 10.3 Å². The van der Waals surface area contributed by atoms with Gasteiger partial charge in [0.05, 0.1) is 6.10 Å². The van der Waals surface area contributed by atoms with Crippen LogP contribution in [0.3, 0.4) is 0 Å². The molecule has 0 radical (unpaired) electrons. The van der Waals surface area contributed by atoms with E-state index >= 15 is 0 Å². The van der Waals surface area contributed by atoms with Crippen LogP contribution in [0.5, 0.6) is 0 Å². The van der Waals surface area contributed by atoms with Crippen molar-refractivity contribution < 1.29 is 5.11 Å². The van der Waals surface area contributed by atoms with E-state index in [-0.39, 0.29) is 0 Å². The summed E-state index contributed by atoms with van der Waals surface area (Å²) in [5, 5.41) is 13.3. The first-order valence-corrected chi connectivity index (χ1v) is 6.10. The van der Waals surface area contributed by atoms with Crippen LogP contribution in [0.2, 0.25) is 0 Å². The van der Waals surface area contributed by atoms with Crippen molar-refractivity contribution in [1.82, 2.24) is 10.3 Å². The summed E-state index contributed by atoms with van der Waals surface area (Å²) < 4.78 is 0. The molecule has 94 valence electrons. The molecular weight excluding hydrogens is 224 g/mol. The molecule has 0 fully saturated rings. The average Bonchev–Trinajstić information content (AvgIpc) is 2.40. The highest BCUT2D eigenvalue weighted by Crippen LogP contribution is 2.16. The Labute approximate surface area is 108 Å².